The number of rotatable bonds is 6. The standard InChI is InChI=1S/C30H28N6O3/c1-21-3-2-4-24(15-21)33-11-13-34(14-12-33)25-9-10-26-28(16-25)36(18-27(29(26)37)30(38)39)23-7-5-22(6-8-23)17-35-20-31-19-32-35/h2-10,15-16,18-20H,11-14,17H2,1H3,(H,38,39). The van der Waals surface area contributed by atoms with E-state index in [1.807, 2.05) is 36.4 Å². The van der Waals surface area contributed by atoms with E-state index in [2.05, 4.69) is 51.1 Å². The van der Waals surface area contributed by atoms with Crippen LogP contribution in [0.25, 0.3) is 16.6 Å². The third-order valence-corrected chi connectivity index (χ3v) is 7.26. The van der Waals surface area contributed by atoms with Gasteiger partial charge in [-0.2, -0.15) is 5.10 Å². The summed E-state index contributed by atoms with van der Waals surface area (Å²) in [4.78, 5) is 33.7. The van der Waals surface area contributed by atoms with Crippen LogP contribution in [0, 0.1) is 6.92 Å². The lowest BCUT2D eigenvalue weighted by Crippen LogP contribution is -2.46. The van der Waals surface area contributed by atoms with Crippen LogP contribution in [0.2, 0.25) is 0 Å². The molecule has 0 spiro atoms. The molecule has 2 aromatic heterocycles. The summed E-state index contributed by atoms with van der Waals surface area (Å²) < 4.78 is 3.53. The van der Waals surface area contributed by atoms with E-state index in [-0.39, 0.29) is 5.56 Å². The Balaban J connectivity index is 1.33. The van der Waals surface area contributed by atoms with Gasteiger partial charge in [-0.1, -0.05) is 24.3 Å². The zero-order chi connectivity index (χ0) is 26.9. The average Bonchev–Trinajstić information content (AvgIpc) is 3.47. The minimum Gasteiger partial charge on any atom is -0.477 e. The molecule has 3 heterocycles. The number of benzene rings is 3. The smallest absolute Gasteiger partial charge is 0.341 e. The van der Waals surface area contributed by atoms with E-state index in [0.29, 0.717) is 17.4 Å². The van der Waals surface area contributed by atoms with Crippen LogP contribution in [0.5, 0.6) is 0 Å². The molecule has 39 heavy (non-hydrogen) atoms. The van der Waals surface area contributed by atoms with Crippen molar-refractivity contribution >= 4 is 28.2 Å². The molecular formula is C30H28N6O3. The molecule has 5 aromatic rings. The number of aromatic carboxylic acids is 1. The van der Waals surface area contributed by atoms with Gasteiger partial charge >= 0.3 is 5.97 Å². The number of aromatic nitrogens is 4. The predicted molar refractivity (Wildman–Crippen MR) is 151 cm³/mol. The molecule has 6 rings (SSSR count). The molecule has 0 unspecified atom stereocenters. The van der Waals surface area contributed by atoms with Gasteiger partial charge in [-0.3, -0.25) is 4.79 Å². The normalized spacial score (nSPS) is 13.7. The molecule has 9 heteroatoms. The van der Waals surface area contributed by atoms with Crippen molar-refractivity contribution in [1.82, 2.24) is 19.3 Å². The maximum atomic E-state index is 13.1. The van der Waals surface area contributed by atoms with Crippen molar-refractivity contribution in [2.45, 2.75) is 13.5 Å². The summed E-state index contributed by atoms with van der Waals surface area (Å²) >= 11 is 0. The van der Waals surface area contributed by atoms with Crippen LogP contribution in [0.3, 0.4) is 0 Å². The van der Waals surface area contributed by atoms with Crippen LogP contribution in [0.4, 0.5) is 11.4 Å². The maximum absolute atomic E-state index is 13.1. The first-order valence-electron chi connectivity index (χ1n) is 12.9. The maximum Gasteiger partial charge on any atom is 0.341 e. The summed E-state index contributed by atoms with van der Waals surface area (Å²) in [5.74, 6) is -1.24. The monoisotopic (exact) mass is 520 g/mol. The number of hydrogen-bond acceptors (Lipinski definition) is 6. The molecule has 0 atom stereocenters. The lowest BCUT2D eigenvalue weighted by Gasteiger charge is -2.37. The predicted octanol–water partition coefficient (Wildman–Crippen LogP) is 3.96. The Morgan fingerprint density at radius 2 is 1.59 bits per heavy atom. The van der Waals surface area contributed by atoms with Gasteiger partial charge in [0.25, 0.3) is 0 Å². The van der Waals surface area contributed by atoms with Gasteiger partial charge in [-0.25, -0.2) is 14.5 Å². The number of hydrogen-bond donors (Lipinski definition) is 1. The summed E-state index contributed by atoms with van der Waals surface area (Å²) in [7, 11) is 0. The fourth-order valence-electron chi connectivity index (χ4n) is 5.19. The van der Waals surface area contributed by atoms with Crippen LogP contribution in [0.1, 0.15) is 21.5 Å². The molecule has 0 saturated carbocycles. The molecule has 1 fully saturated rings. The van der Waals surface area contributed by atoms with Crippen molar-refractivity contribution in [1.29, 1.82) is 0 Å². The highest BCUT2D eigenvalue weighted by Crippen LogP contribution is 2.26. The number of piperazine rings is 1. The summed E-state index contributed by atoms with van der Waals surface area (Å²) in [6.07, 6.45) is 4.58. The number of pyridine rings is 1. The Hall–Kier alpha value is -4.92. The number of anilines is 2. The molecule has 3 aromatic carbocycles. The Kier molecular flexibility index (Phi) is 6.32. The lowest BCUT2D eigenvalue weighted by atomic mass is 10.1. The summed E-state index contributed by atoms with van der Waals surface area (Å²) in [6, 6.07) is 22.0. The largest absolute Gasteiger partial charge is 0.477 e. The molecule has 196 valence electrons. The summed E-state index contributed by atoms with van der Waals surface area (Å²) in [5, 5.41) is 14.3. The van der Waals surface area contributed by atoms with Crippen molar-refractivity contribution in [3.05, 3.63) is 112 Å². The van der Waals surface area contributed by atoms with E-state index in [0.717, 1.165) is 43.1 Å². The highest BCUT2D eigenvalue weighted by molar-refractivity contribution is 5.94. The molecule has 1 N–H and O–H groups in total. The molecule has 1 aliphatic heterocycles. The van der Waals surface area contributed by atoms with Crippen LogP contribution < -0.4 is 15.2 Å². The van der Waals surface area contributed by atoms with Gasteiger partial charge in [-0.05, 0) is 60.5 Å². The van der Waals surface area contributed by atoms with Gasteiger partial charge in [0.2, 0.25) is 5.43 Å². The second kappa shape index (κ2) is 10.1. The molecule has 1 saturated heterocycles. The second-order valence-electron chi connectivity index (χ2n) is 9.82. The molecule has 0 amide bonds. The molecule has 1 aliphatic rings. The first-order valence-corrected chi connectivity index (χ1v) is 12.9. The Morgan fingerprint density at radius 1 is 0.897 bits per heavy atom. The minimum absolute atomic E-state index is 0.256. The summed E-state index contributed by atoms with van der Waals surface area (Å²) in [6.45, 7) is 6.14. The third kappa shape index (κ3) is 4.86. The highest BCUT2D eigenvalue weighted by atomic mass is 16.4. The van der Waals surface area contributed by atoms with E-state index < -0.39 is 11.4 Å². The van der Waals surface area contributed by atoms with Crippen LogP contribution >= 0.6 is 0 Å². The van der Waals surface area contributed by atoms with Gasteiger partial charge < -0.3 is 19.5 Å². The van der Waals surface area contributed by atoms with Crippen molar-refractivity contribution in [2.24, 2.45) is 0 Å². The first kappa shape index (κ1) is 24.4. The number of fused-ring (bicyclic) bond motifs is 1. The van der Waals surface area contributed by atoms with Crippen LogP contribution in [-0.4, -0.2) is 56.6 Å². The topological polar surface area (TPSA) is 96.5 Å². The van der Waals surface area contributed by atoms with Gasteiger partial charge in [0, 0.05) is 54.8 Å². The minimum atomic E-state index is -1.24. The number of carbonyl (C=O) groups is 1. The SMILES string of the molecule is Cc1cccc(N2CCN(c3ccc4c(=O)c(C(=O)O)cn(-c5ccc(Cn6cncn6)cc5)c4c3)CC2)c1. The van der Waals surface area contributed by atoms with E-state index in [4.69, 9.17) is 0 Å². The lowest BCUT2D eigenvalue weighted by molar-refractivity contribution is 0.0695. The van der Waals surface area contributed by atoms with Crippen molar-refractivity contribution < 1.29 is 9.90 Å². The fourth-order valence-corrected chi connectivity index (χ4v) is 5.19. The Labute approximate surface area is 225 Å². The number of nitrogens with zero attached hydrogens (tertiary/aromatic N) is 6. The fraction of sp³-hybridized carbons (Fsp3) is 0.200. The molecular weight excluding hydrogens is 492 g/mol. The van der Waals surface area contributed by atoms with E-state index >= 15 is 0 Å². The molecule has 9 nitrogen and oxygen atoms in total. The van der Waals surface area contributed by atoms with Gasteiger partial charge in [0.1, 0.15) is 18.2 Å². The van der Waals surface area contributed by atoms with Crippen molar-refractivity contribution in [2.75, 3.05) is 36.0 Å². The zero-order valence-corrected chi connectivity index (χ0v) is 21.6. The van der Waals surface area contributed by atoms with Gasteiger partial charge in [0.05, 0.1) is 12.1 Å². The van der Waals surface area contributed by atoms with Crippen LogP contribution in [0.15, 0.2) is 90.4 Å². The van der Waals surface area contributed by atoms with E-state index in [1.54, 1.807) is 21.6 Å². The third-order valence-electron chi connectivity index (χ3n) is 7.26. The van der Waals surface area contributed by atoms with E-state index in [9.17, 15) is 14.7 Å². The van der Waals surface area contributed by atoms with Crippen molar-refractivity contribution in [3.8, 4) is 5.69 Å². The Bertz CT molecular complexity index is 1700. The quantitative estimate of drug-likeness (QED) is 0.362. The molecule has 0 aliphatic carbocycles. The van der Waals surface area contributed by atoms with Crippen LogP contribution in [-0.2, 0) is 6.54 Å². The van der Waals surface area contributed by atoms with Crippen molar-refractivity contribution in [3.63, 3.8) is 0 Å². The van der Waals surface area contributed by atoms with E-state index in [1.165, 1.54) is 23.8 Å². The molecule has 0 bridgehead atoms. The van der Waals surface area contributed by atoms with Gasteiger partial charge in [-0.15, -0.1) is 0 Å². The highest BCUT2D eigenvalue weighted by Gasteiger charge is 2.20. The second-order valence-corrected chi connectivity index (χ2v) is 9.82. The van der Waals surface area contributed by atoms with Gasteiger partial charge in [0.15, 0.2) is 0 Å². The summed E-state index contributed by atoms with van der Waals surface area (Å²) in [5.41, 5.74) is 5.22. The number of aryl methyl sites for hydroxylation is 1. The molecule has 0 radical (unpaired) electrons. The average molecular weight is 521 g/mol. The number of carboxylic acid groups (broad SMARTS) is 1. The first-order chi connectivity index (χ1) is 19.0. The Morgan fingerprint density at radius 3 is 2.23 bits per heavy atom. The zero-order valence-electron chi connectivity index (χ0n) is 21.6. The number of carboxylic acids is 1.